The topological polar surface area (TPSA) is 84.5 Å². The molecule has 6 nitrogen and oxygen atoms in total. The molecular weight excluding hydrogens is 371 g/mol. The lowest BCUT2D eigenvalue weighted by molar-refractivity contribution is -0.130. The van der Waals surface area contributed by atoms with Crippen molar-refractivity contribution in [2.24, 2.45) is 0 Å². The Morgan fingerprint density at radius 2 is 2.04 bits per heavy atom. The molecule has 1 aromatic carbocycles. The zero-order valence-corrected chi connectivity index (χ0v) is 14.4. The molecule has 0 aliphatic heterocycles. The fourth-order valence-corrected chi connectivity index (χ4v) is 2.13. The monoisotopic (exact) mass is 388 g/mol. The highest BCUT2D eigenvalue weighted by Crippen LogP contribution is 2.18. The van der Waals surface area contributed by atoms with Crippen LogP contribution in [-0.2, 0) is 14.3 Å². The number of hydrogen-bond acceptors (Lipinski definition) is 4. The zero-order chi connectivity index (χ0) is 17.4. The first-order valence-electron chi connectivity index (χ1n) is 7.04. The SMILES string of the molecule is CCCNC(=O)[C@H](C)NC(=O)COC(=O)c1ccc(F)cc1Br. The predicted octanol–water partition coefficient (Wildman–Crippen LogP) is 1.78. The van der Waals surface area contributed by atoms with Gasteiger partial charge in [0.15, 0.2) is 6.61 Å². The van der Waals surface area contributed by atoms with Gasteiger partial charge >= 0.3 is 5.97 Å². The summed E-state index contributed by atoms with van der Waals surface area (Å²) in [7, 11) is 0. The van der Waals surface area contributed by atoms with Gasteiger partial charge in [-0.05, 0) is 47.5 Å². The maximum absolute atomic E-state index is 12.9. The van der Waals surface area contributed by atoms with Gasteiger partial charge in [0.1, 0.15) is 11.9 Å². The number of rotatable bonds is 7. The Labute approximate surface area is 141 Å². The molecule has 0 aliphatic rings. The largest absolute Gasteiger partial charge is 0.452 e. The number of halogens is 2. The summed E-state index contributed by atoms with van der Waals surface area (Å²) >= 11 is 3.04. The van der Waals surface area contributed by atoms with Crippen LogP contribution in [0.15, 0.2) is 22.7 Å². The average Bonchev–Trinajstić information content (AvgIpc) is 2.50. The Balaban J connectivity index is 2.46. The molecule has 8 heteroatoms. The summed E-state index contributed by atoms with van der Waals surface area (Å²) in [5.41, 5.74) is 0.105. The minimum absolute atomic E-state index is 0.105. The van der Waals surface area contributed by atoms with E-state index >= 15 is 0 Å². The summed E-state index contributed by atoms with van der Waals surface area (Å²) in [5.74, 6) is -2.18. The second-order valence-electron chi connectivity index (χ2n) is 4.78. The normalized spacial score (nSPS) is 11.5. The van der Waals surface area contributed by atoms with E-state index in [1.165, 1.54) is 13.0 Å². The number of ether oxygens (including phenoxy) is 1. The maximum Gasteiger partial charge on any atom is 0.339 e. The lowest BCUT2D eigenvalue weighted by atomic mass is 10.2. The van der Waals surface area contributed by atoms with E-state index in [1.54, 1.807) is 0 Å². The van der Waals surface area contributed by atoms with Crippen molar-refractivity contribution in [3.8, 4) is 0 Å². The van der Waals surface area contributed by atoms with Crippen LogP contribution in [-0.4, -0.2) is 37.0 Å². The van der Waals surface area contributed by atoms with E-state index in [0.29, 0.717) is 6.54 Å². The molecule has 2 N–H and O–H groups in total. The van der Waals surface area contributed by atoms with Gasteiger partial charge < -0.3 is 15.4 Å². The van der Waals surface area contributed by atoms with Gasteiger partial charge in [-0.3, -0.25) is 9.59 Å². The Morgan fingerprint density at radius 3 is 2.65 bits per heavy atom. The molecule has 0 saturated heterocycles. The Morgan fingerprint density at radius 1 is 1.35 bits per heavy atom. The second-order valence-corrected chi connectivity index (χ2v) is 5.63. The Hall–Kier alpha value is -1.96. The lowest BCUT2D eigenvalue weighted by Gasteiger charge is -2.14. The summed E-state index contributed by atoms with van der Waals surface area (Å²) in [5, 5.41) is 5.06. The average molecular weight is 389 g/mol. The van der Waals surface area contributed by atoms with Crippen LogP contribution in [0.4, 0.5) is 4.39 Å². The third-order valence-electron chi connectivity index (χ3n) is 2.81. The Kier molecular flexibility index (Phi) is 7.67. The number of carbonyl (C=O) groups is 3. The van der Waals surface area contributed by atoms with E-state index < -0.39 is 30.3 Å². The molecule has 0 aromatic heterocycles. The molecule has 0 bridgehead atoms. The van der Waals surface area contributed by atoms with Crippen LogP contribution in [0, 0.1) is 5.82 Å². The predicted molar refractivity (Wildman–Crippen MR) is 85.3 cm³/mol. The third kappa shape index (κ3) is 6.35. The molecule has 1 rings (SSSR count). The van der Waals surface area contributed by atoms with Crippen molar-refractivity contribution < 1.29 is 23.5 Å². The van der Waals surface area contributed by atoms with Crippen LogP contribution in [0.25, 0.3) is 0 Å². The van der Waals surface area contributed by atoms with Crippen molar-refractivity contribution in [3.63, 3.8) is 0 Å². The second kappa shape index (κ2) is 9.24. The molecule has 0 aliphatic carbocycles. The highest BCUT2D eigenvalue weighted by Gasteiger charge is 2.17. The van der Waals surface area contributed by atoms with Crippen LogP contribution >= 0.6 is 15.9 Å². The molecule has 0 spiro atoms. The summed E-state index contributed by atoms with van der Waals surface area (Å²) in [4.78, 5) is 35.1. The molecule has 0 radical (unpaired) electrons. The summed E-state index contributed by atoms with van der Waals surface area (Å²) in [6.07, 6.45) is 0.788. The highest BCUT2D eigenvalue weighted by atomic mass is 79.9. The number of hydrogen-bond donors (Lipinski definition) is 2. The minimum Gasteiger partial charge on any atom is -0.452 e. The number of benzene rings is 1. The number of carbonyl (C=O) groups excluding carboxylic acids is 3. The smallest absolute Gasteiger partial charge is 0.339 e. The molecule has 2 amide bonds. The van der Waals surface area contributed by atoms with Crippen LogP contribution < -0.4 is 10.6 Å². The van der Waals surface area contributed by atoms with E-state index in [9.17, 15) is 18.8 Å². The van der Waals surface area contributed by atoms with Crippen molar-refractivity contribution in [1.29, 1.82) is 0 Å². The molecular formula is C15H18BrFN2O4. The van der Waals surface area contributed by atoms with Gasteiger partial charge in [0, 0.05) is 11.0 Å². The van der Waals surface area contributed by atoms with Gasteiger partial charge in [0.2, 0.25) is 5.91 Å². The lowest BCUT2D eigenvalue weighted by Crippen LogP contribution is -2.46. The molecule has 0 saturated carbocycles. The number of esters is 1. The van der Waals surface area contributed by atoms with E-state index in [4.69, 9.17) is 4.74 Å². The van der Waals surface area contributed by atoms with Crippen molar-refractivity contribution in [2.45, 2.75) is 26.3 Å². The molecule has 0 fully saturated rings. The first-order valence-corrected chi connectivity index (χ1v) is 7.83. The third-order valence-corrected chi connectivity index (χ3v) is 3.46. The van der Waals surface area contributed by atoms with Crippen LogP contribution in [0.2, 0.25) is 0 Å². The van der Waals surface area contributed by atoms with Crippen molar-refractivity contribution in [1.82, 2.24) is 10.6 Å². The van der Waals surface area contributed by atoms with E-state index in [2.05, 4.69) is 26.6 Å². The standard InChI is InChI=1S/C15H18BrFN2O4/c1-3-6-18-14(21)9(2)19-13(20)8-23-15(22)11-5-4-10(17)7-12(11)16/h4-5,7,9H,3,6,8H2,1-2H3,(H,18,21)(H,19,20)/t9-/m0/s1. The quantitative estimate of drug-likeness (QED) is 0.697. The number of amides is 2. The first kappa shape index (κ1) is 19.1. The van der Waals surface area contributed by atoms with Crippen LogP contribution in [0.5, 0.6) is 0 Å². The van der Waals surface area contributed by atoms with Gasteiger partial charge in [-0.2, -0.15) is 0 Å². The van der Waals surface area contributed by atoms with E-state index in [0.717, 1.165) is 18.6 Å². The highest BCUT2D eigenvalue weighted by molar-refractivity contribution is 9.10. The van der Waals surface area contributed by atoms with Crippen molar-refractivity contribution >= 4 is 33.7 Å². The molecule has 126 valence electrons. The van der Waals surface area contributed by atoms with E-state index in [-0.39, 0.29) is 15.9 Å². The number of nitrogens with one attached hydrogen (secondary N) is 2. The van der Waals surface area contributed by atoms with Gasteiger partial charge in [-0.25, -0.2) is 9.18 Å². The van der Waals surface area contributed by atoms with Crippen LogP contribution in [0.3, 0.4) is 0 Å². The summed E-state index contributed by atoms with van der Waals surface area (Å²) in [6, 6.07) is 2.75. The zero-order valence-electron chi connectivity index (χ0n) is 12.8. The van der Waals surface area contributed by atoms with Crippen molar-refractivity contribution in [3.05, 3.63) is 34.1 Å². The van der Waals surface area contributed by atoms with Crippen molar-refractivity contribution in [2.75, 3.05) is 13.2 Å². The fraction of sp³-hybridized carbons (Fsp3) is 0.400. The van der Waals surface area contributed by atoms with Gasteiger partial charge in [-0.1, -0.05) is 6.92 Å². The molecule has 1 aromatic rings. The molecule has 23 heavy (non-hydrogen) atoms. The molecule has 1 atom stereocenters. The Bertz CT molecular complexity index is 595. The van der Waals surface area contributed by atoms with Gasteiger partial charge in [0.25, 0.3) is 5.91 Å². The summed E-state index contributed by atoms with van der Waals surface area (Å²) < 4.78 is 18.0. The molecule has 0 unspecified atom stereocenters. The van der Waals surface area contributed by atoms with Crippen LogP contribution in [0.1, 0.15) is 30.6 Å². The molecule has 0 heterocycles. The maximum atomic E-state index is 12.9. The summed E-state index contributed by atoms with van der Waals surface area (Å²) in [6.45, 7) is 3.43. The van der Waals surface area contributed by atoms with Gasteiger partial charge in [0.05, 0.1) is 5.56 Å². The first-order chi connectivity index (χ1) is 10.8. The van der Waals surface area contributed by atoms with Gasteiger partial charge in [-0.15, -0.1) is 0 Å². The minimum atomic E-state index is -0.768. The fourth-order valence-electron chi connectivity index (χ4n) is 1.61. The van der Waals surface area contributed by atoms with E-state index in [1.807, 2.05) is 6.92 Å².